The predicted octanol–water partition coefficient (Wildman–Crippen LogP) is 4.52. The highest BCUT2D eigenvalue weighted by atomic mass is 35.5. The van der Waals surface area contributed by atoms with Gasteiger partial charge in [0.2, 0.25) is 5.75 Å². The summed E-state index contributed by atoms with van der Waals surface area (Å²) in [5, 5.41) is -0.0138. The number of nitrogens with zero attached hydrogens (tertiary/aromatic N) is 1. The molecule has 0 radical (unpaired) electrons. The molecule has 0 N–H and O–H groups in total. The Bertz CT molecular complexity index is 1010. The number of hydrogen-bond donors (Lipinski definition) is 0. The van der Waals surface area contributed by atoms with E-state index < -0.39 is 17.1 Å². The zero-order valence-corrected chi connectivity index (χ0v) is 17.3. The number of imide groups is 1. The molecule has 0 aliphatic carbocycles. The Balaban J connectivity index is 1.99. The van der Waals surface area contributed by atoms with E-state index in [1.807, 2.05) is 0 Å². The molecule has 0 atom stereocenters. The summed E-state index contributed by atoms with van der Waals surface area (Å²) in [5.74, 6) is -0.368. The molecule has 0 unspecified atom stereocenters. The van der Waals surface area contributed by atoms with E-state index in [0.717, 1.165) is 16.7 Å². The molecule has 1 heterocycles. The van der Waals surface area contributed by atoms with Crippen LogP contribution in [0.4, 0.5) is 10.5 Å². The van der Waals surface area contributed by atoms with Crippen molar-refractivity contribution in [2.24, 2.45) is 0 Å². The Morgan fingerprint density at radius 2 is 1.76 bits per heavy atom. The quantitative estimate of drug-likeness (QED) is 0.389. The Labute approximate surface area is 176 Å². The van der Waals surface area contributed by atoms with Crippen molar-refractivity contribution in [1.82, 2.24) is 0 Å². The van der Waals surface area contributed by atoms with E-state index in [9.17, 15) is 14.4 Å². The van der Waals surface area contributed by atoms with Crippen LogP contribution in [0.15, 0.2) is 41.3 Å². The SMILES string of the molecule is COc1cc(/C=C2/SC(=O)N(c3cccc(Cl)c3)C2=O)cc(OC)c1OC(C)=O. The van der Waals surface area contributed by atoms with Gasteiger partial charge in [0.15, 0.2) is 11.5 Å². The van der Waals surface area contributed by atoms with Crippen molar-refractivity contribution >= 4 is 52.2 Å². The van der Waals surface area contributed by atoms with E-state index in [-0.39, 0.29) is 22.2 Å². The molecule has 9 heteroatoms. The van der Waals surface area contributed by atoms with Crippen LogP contribution in [0.5, 0.6) is 17.2 Å². The topological polar surface area (TPSA) is 82.1 Å². The van der Waals surface area contributed by atoms with Crippen LogP contribution in [-0.2, 0) is 9.59 Å². The fourth-order valence-electron chi connectivity index (χ4n) is 2.68. The fraction of sp³-hybridized carbons (Fsp3) is 0.150. The van der Waals surface area contributed by atoms with E-state index in [4.69, 9.17) is 25.8 Å². The second-order valence-electron chi connectivity index (χ2n) is 5.85. The predicted molar refractivity (Wildman–Crippen MR) is 111 cm³/mol. The van der Waals surface area contributed by atoms with Crippen LogP contribution in [0.2, 0.25) is 5.02 Å². The molecule has 0 bridgehead atoms. The lowest BCUT2D eigenvalue weighted by atomic mass is 10.1. The third kappa shape index (κ3) is 4.38. The molecule has 1 saturated heterocycles. The minimum Gasteiger partial charge on any atom is -0.493 e. The highest BCUT2D eigenvalue weighted by Gasteiger charge is 2.36. The number of ether oxygens (including phenoxy) is 3. The molecular weight excluding hydrogens is 418 g/mol. The summed E-state index contributed by atoms with van der Waals surface area (Å²) in [4.78, 5) is 37.8. The molecule has 29 heavy (non-hydrogen) atoms. The van der Waals surface area contributed by atoms with Crippen LogP contribution in [0.25, 0.3) is 6.08 Å². The smallest absolute Gasteiger partial charge is 0.308 e. The number of hydrogen-bond acceptors (Lipinski definition) is 7. The molecule has 2 aromatic carbocycles. The lowest BCUT2D eigenvalue weighted by Crippen LogP contribution is -2.27. The molecule has 1 fully saturated rings. The van der Waals surface area contributed by atoms with E-state index in [1.165, 1.54) is 27.2 Å². The first-order valence-corrected chi connectivity index (χ1v) is 9.51. The molecule has 0 spiro atoms. The largest absolute Gasteiger partial charge is 0.493 e. The maximum absolute atomic E-state index is 12.8. The van der Waals surface area contributed by atoms with E-state index in [0.29, 0.717) is 16.3 Å². The van der Waals surface area contributed by atoms with Gasteiger partial charge in [0, 0.05) is 11.9 Å². The summed E-state index contributed by atoms with van der Waals surface area (Å²) < 4.78 is 15.7. The van der Waals surface area contributed by atoms with Crippen LogP contribution < -0.4 is 19.1 Å². The van der Waals surface area contributed by atoms with Crippen LogP contribution in [0.1, 0.15) is 12.5 Å². The average Bonchev–Trinajstić information content (AvgIpc) is 2.95. The number of methoxy groups -OCH3 is 2. The monoisotopic (exact) mass is 433 g/mol. The van der Waals surface area contributed by atoms with Crippen molar-refractivity contribution < 1.29 is 28.6 Å². The Hall–Kier alpha value is -2.97. The molecule has 150 valence electrons. The van der Waals surface area contributed by atoms with Gasteiger partial charge >= 0.3 is 5.97 Å². The first kappa shape index (κ1) is 20.8. The van der Waals surface area contributed by atoms with Gasteiger partial charge in [-0.05, 0) is 53.7 Å². The number of amides is 2. The van der Waals surface area contributed by atoms with Gasteiger partial charge < -0.3 is 14.2 Å². The highest BCUT2D eigenvalue weighted by Crippen LogP contribution is 2.41. The number of carbonyl (C=O) groups is 3. The van der Waals surface area contributed by atoms with E-state index >= 15 is 0 Å². The highest BCUT2D eigenvalue weighted by molar-refractivity contribution is 8.19. The molecule has 2 amide bonds. The minimum atomic E-state index is -0.531. The maximum Gasteiger partial charge on any atom is 0.308 e. The third-order valence-electron chi connectivity index (χ3n) is 3.89. The maximum atomic E-state index is 12.8. The second kappa shape index (κ2) is 8.59. The molecule has 1 aliphatic rings. The zero-order chi connectivity index (χ0) is 21.1. The molecule has 3 rings (SSSR count). The lowest BCUT2D eigenvalue weighted by molar-refractivity contribution is -0.132. The minimum absolute atomic E-state index is 0.131. The van der Waals surface area contributed by atoms with E-state index in [2.05, 4.69) is 0 Å². The number of thioether (sulfide) groups is 1. The summed E-state index contributed by atoms with van der Waals surface area (Å²) >= 11 is 6.78. The normalized spacial score (nSPS) is 15.0. The second-order valence-corrected chi connectivity index (χ2v) is 7.27. The van der Waals surface area contributed by atoms with E-state index in [1.54, 1.807) is 36.4 Å². The van der Waals surface area contributed by atoms with Gasteiger partial charge in [0.1, 0.15) is 0 Å². The molecule has 0 aromatic heterocycles. The van der Waals surface area contributed by atoms with Crippen molar-refractivity contribution in [1.29, 1.82) is 0 Å². The summed E-state index contributed by atoms with van der Waals surface area (Å²) in [5.41, 5.74) is 0.926. The Morgan fingerprint density at radius 1 is 1.10 bits per heavy atom. The Morgan fingerprint density at radius 3 is 2.31 bits per heavy atom. The first-order chi connectivity index (χ1) is 13.8. The van der Waals surface area contributed by atoms with Crippen LogP contribution in [0.3, 0.4) is 0 Å². The van der Waals surface area contributed by atoms with Crippen LogP contribution in [0, 0.1) is 0 Å². The summed E-state index contributed by atoms with van der Waals surface area (Å²) in [6.45, 7) is 1.26. The number of halogens is 1. The fourth-order valence-corrected chi connectivity index (χ4v) is 3.71. The number of rotatable bonds is 5. The van der Waals surface area contributed by atoms with Gasteiger partial charge in [-0.2, -0.15) is 0 Å². The number of anilines is 1. The third-order valence-corrected chi connectivity index (χ3v) is 4.99. The Kier molecular flexibility index (Phi) is 6.14. The van der Waals surface area contributed by atoms with Crippen molar-refractivity contribution in [2.75, 3.05) is 19.1 Å². The standard InChI is InChI=1S/C20H16ClNO6S/c1-11(23)28-18-15(26-2)7-12(8-16(18)27-3)9-17-19(24)22(20(25)29-17)14-6-4-5-13(21)10-14/h4-10H,1-3H3/b17-9+. The van der Waals surface area contributed by atoms with Crippen molar-refractivity contribution in [3.63, 3.8) is 0 Å². The zero-order valence-electron chi connectivity index (χ0n) is 15.7. The summed E-state index contributed by atoms with van der Waals surface area (Å²) in [6, 6.07) is 9.64. The molecule has 0 saturated carbocycles. The van der Waals surface area contributed by atoms with Crippen molar-refractivity contribution in [3.8, 4) is 17.2 Å². The van der Waals surface area contributed by atoms with Crippen LogP contribution in [-0.4, -0.2) is 31.3 Å². The summed E-state index contributed by atoms with van der Waals surface area (Å²) in [7, 11) is 2.83. The molecule has 1 aliphatic heterocycles. The average molecular weight is 434 g/mol. The van der Waals surface area contributed by atoms with Gasteiger partial charge in [-0.25, -0.2) is 4.90 Å². The first-order valence-electron chi connectivity index (χ1n) is 8.32. The number of carbonyl (C=O) groups excluding carboxylic acids is 3. The molecular formula is C20H16ClNO6S. The van der Waals surface area contributed by atoms with Gasteiger partial charge in [0.05, 0.1) is 24.8 Å². The number of benzene rings is 2. The number of esters is 1. The lowest BCUT2D eigenvalue weighted by Gasteiger charge is -2.14. The van der Waals surface area contributed by atoms with Gasteiger partial charge in [-0.15, -0.1) is 0 Å². The van der Waals surface area contributed by atoms with Crippen molar-refractivity contribution in [3.05, 3.63) is 51.9 Å². The summed E-state index contributed by atoms with van der Waals surface area (Å²) in [6.07, 6.45) is 1.54. The van der Waals surface area contributed by atoms with Gasteiger partial charge in [-0.1, -0.05) is 17.7 Å². The van der Waals surface area contributed by atoms with Crippen molar-refractivity contribution in [2.45, 2.75) is 6.92 Å². The molecule has 2 aromatic rings. The molecule has 7 nitrogen and oxygen atoms in total. The van der Waals surface area contributed by atoms with Gasteiger partial charge in [0.25, 0.3) is 11.1 Å². The van der Waals surface area contributed by atoms with Gasteiger partial charge in [-0.3, -0.25) is 14.4 Å². The van der Waals surface area contributed by atoms with Crippen LogP contribution >= 0.6 is 23.4 Å².